The maximum Gasteiger partial charge on any atom is 0.409 e. The molecular weight excluding hydrogens is 296 g/mol. The summed E-state index contributed by atoms with van der Waals surface area (Å²) >= 11 is 0. The number of hydrogen-bond donors (Lipinski definition) is 1. The van der Waals surface area contributed by atoms with Crippen molar-refractivity contribution in [3.05, 3.63) is 12.3 Å². The van der Waals surface area contributed by atoms with E-state index in [4.69, 9.17) is 4.74 Å². The Balaban J connectivity index is 1.98. The first-order valence-electron chi connectivity index (χ1n) is 8.32. The number of hydrogen-bond acceptors (Lipinski definition) is 4. The number of carbonyl (C=O) groups is 2. The molecule has 1 N–H and O–H groups in total. The van der Waals surface area contributed by atoms with Crippen LogP contribution in [-0.4, -0.2) is 46.4 Å². The molecule has 1 aliphatic rings. The lowest BCUT2D eigenvalue weighted by Crippen LogP contribution is -2.44. The Kier molecular flexibility index (Phi) is 6.01. The van der Waals surface area contributed by atoms with Crippen LogP contribution in [0.1, 0.15) is 46.1 Å². The molecule has 1 aromatic rings. The van der Waals surface area contributed by atoms with E-state index in [1.165, 1.54) is 0 Å². The Morgan fingerprint density at radius 3 is 2.96 bits per heavy atom. The molecule has 2 rings (SSSR count). The van der Waals surface area contributed by atoms with E-state index in [1.807, 2.05) is 4.68 Å². The van der Waals surface area contributed by atoms with Crippen molar-refractivity contribution in [3.63, 3.8) is 0 Å². The van der Waals surface area contributed by atoms with Gasteiger partial charge in [0.15, 0.2) is 0 Å². The lowest BCUT2D eigenvalue weighted by atomic mass is 9.97. The number of nitrogens with one attached hydrogen (secondary N) is 1. The molecule has 0 aromatic carbocycles. The minimum Gasteiger partial charge on any atom is -0.450 e. The zero-order valence-electron chi connectivity index (χ0n) is 14.1. The maximum atomic E-state index is 12.5. The molecule has 0 radical (unpaired) electrons. The third kappa shape index (κ3) is 4.24. The number of rotatable bonds is 5. The summed E-state index contributed by atoms with van der Waals surface area (Å²) in [7, 11) is 0. The monoisotopic (exact) mass is 322 g/mol. The Morgan fingerprint density at radius 1 is 1.48 bits per heavy atom. The van der Waals surface area contributed by atoms with Crippen molar-refractivity contribution < 1.29 is 14.3 Å². The highest BCUT2D eigenvalue weighted by Gasteiger charge is 2.29. The number of likely N-dealkylation sites (tertiary alicyclic amines) is 1. The lowest BCUT2D eigenvalue weighted by Gasteiger charge is -2.31. The van der Waals surface area contributed by atoms with E-state index < -0.39 is 0 Å². The highest BCUT2D eigenvalue weighted by Crippen LogP contribution is 2.21. The average molecular weight is 322 g/mol. The van der Waals surface area contributed by atoms with Crippen molar-refractivity contribution in [2.24, 2.45) is 5.92 Å². The molecule has 1 aliphatic heterocycles. The molecule has 2 amide bonds. The minimum absolute atomic E-state index is 0.0657. The second-order valence-electron chi connectivity index (χ2n) is 5.89. The van der Waals surface area contributed by atoms with Crippen LogP contribution in [0.4, 0.5) is 10.6 Å². The summed E-state index contributed by atoms with van der Waals surface area (Å²) in [5, 5.41) is 7.22. The van der Waals surface area contributed by atoms with E-state index in [9.17, 15) is 9.59 Å². The molecule has 0 spiro atoms. The summed E-state index contributed by atoms with van der Waals surface area (Å²) in [6.45, 7) is 7.32. The molecule has 2 heterocycles. The molecule has 0 saturated carbocycles. The number of ether oxygens (including phenoxy) is 1. The zero-order valence-corrected chi connectivity index (χ0v) is 14.1. The van der Waals surface area contributed by atoms with Gasteiger partial charge in [0.1, 0.15) is 5.82 Å². The zero-order chi connectivity index (χ0) is 16.8. The quantitative estimate of drug-likeness (QED) is 0.904. The molecule has 1 aromatic heterocycles. The Bertz CT molecular complexity index is 543. The number of carbonyl (C=O) groups excluding carboxylic acids is 2. The maximum absolute atomic E-state index is 12.5. The smallest absolute Gasteiger partial charge is 0.409 e. The fourth-order valence-electron chi connectivity index (χ4n) is 2.74. The third-order valence-electron chi connectivity index (χ3n) is 4.25. The lowest BCUT2D eigenvalue weighted by molar-refractivity contribution is -0.121. The number of aromatic nitrogens is 2. The second-order valence-corrected chi connectivity index (χ2v) is 5.89. The predicted octanol–water partition coefficient (Wildman–Crippen LogP) is 2.66. The van der Waals surface area contributed by atoms with Crippen LogP contribution in [0, 0.1) is 5.92 Å². The standard InChI is InChI=1S/C16H26N4O3/c1-4-12(3)20-14(8-9-17-20)18-15(21)13-7-6-10-19(11-13)16(22)23-5-2/h8-9,12-13H,4-7,10-11H2,1-3H3,(H,18,21). The first-order valence-corrected chi connectivity index (χ1v) is 8.32. The number of amides is 2. The van der Waals surface area contributed by atoms with E-state index in [1.54, 1.807) is 24.1 Å². The van der Waals surface area contributed by atoms with Crippen molar-refractivity contribution in [3.8, 4) is 0 Å². The van der Waals surface area contributed by atoms with Crippen LogP contribution in [0.2, 0.25) is 0 Å². The predicted molar refractivity (Wildman–Crippen MR) is 87.2 cm³/mol. The van der Waals surface area contributed by atoms with Gasteiger partial charge in [-0.25, -0.2) is 9.48 Å². The van der Waals surface area contributed by atoms with Gasteiger partial charge >= 0.3 is 6.09 Å². The molecule has 1 saturated heterocycles. The molecule has 2 atom stereocenters. The first-order chi connectivity index (χ1) is 11.1. The Labute approximate surface area is 137 Å². The molecule has 7 nitrogen and oxygen atoms in total. The number of piperidine rings is 1. The average Bonchev–Trinajstić information content (AvgIpc) is 3.02. The van der Waals surface area contributed by atoms with Crippen LogP contribution in [0.15, 0.2) is 12.3 Å². The van der Waals surface area contributed by atoms with Crippen molar-refractivity contribution in [1.82, 2.24) is 14.7 Å². The molecule has 7 heteroatoms. The molecule has 23 heavy (non-hydrogen) atoms. The summed E-state index contributed by atoms with van der Waals surface area (Å²) in [5.74, 6) is 0.426. The van der Waals surface area contributed by atoms with E-state index in [-0.39, 0.29) is 24.0 Å². The fraction of sp³-hybridized carbons (Fsp3) is 0.688. The largest absolute Gasteiger partial charge is 0.450 e. The van der Waals surface area contributed by atoms with E-state index in [0.717, 1.165) is 19.3 Å². The molecule has 0 aliphatic carbocycles. The van der Waals surface area contributed by atoms with Gasteiger partial charge in [-0.3, -0.25) is 4.79 Å². The molecule has 2 unspecified atom stereocenters. The van der Waals surface area contributed by atoms with Gasteiger partial charge in [0.25, 0.3) is 0 Å². The van der Waals surface area contributed by atoms with Crippen LogP contribution < -0.4 is 5.32 Å². The molecule has 1 fully saturated rings. The first kappa shape index (κ1) is 17.3. The van der Waals surface area contributed by atoms with Crippen molar-refractivity contribution in [2.45, 2.75) is 46.1 Å². The van der Waals surface area contributed by atoms with Gasteiger partial charge in [-0.2, -0.15) is 5.10 Å². The second kappa shape index (κ2) is 7.99. The Hall–Kier alpha value is -2.05. The summed E-state index contributed by atoms with van der Waals surface area (Å²) in [6.07, 6.45) is 3.87. The highest BCUT2D eigenvalue weighted by atomic mass is 16.6. The van der Waals surface area contributed by atoms with Gasteiger partial charge in [0, 0.05) is 19.2 Å². The SMILES string of the molecule is CCOC(=O)N1CCCC(C(=O)Nc2ccnn2C(C)CC)C1. The number of nitrogens with zero attached hydrogens (tertiary/aromatic N) is 3. The van der Waals surface area contributed by atoms with Crippen LogP contribution >= 0.6 is 0 Å². The Morgan fingerprint density at radius 2 is 2.26 bits per heavy atom. The van der Waals surface area contributed by atoms with Crippen molar-refractivity contribution >= 4 is 17.8 Å². The van der Waals surface area contributed by atoms with Gasteiger partial charge in [-0.1, -0.05) is 6.92 Å². The molecule has 0 bridgehead atoms. The van der Waals surface area contributed by atoms with Crippen molar-refractivity contribution in [2.75, 3.05) is 25.0 Å². The summed E-state index contributed by atoms with van der Waals surface area (Å²) < 4.78 is 6.84. The van der Waals surface area contributed by atoms with Gasteiger partial charge in [0.05, 0.1) is 24.8 Å². The molecular formula is C16H26N4O3. The number of anilines is 1. The van der Waals surface area contributed by atoms with Crippen LogP contribution in [0.3, 0.4) is 0 Å². The van der Waals surface area contributed by atoms with Crippen LogP contribution in [-0.2, 0) is 9.53 Å². The fourth-order valence-corrected chi connectivity index (χ4v) is 2.74. The topological polar surface area (TPSA) is 76.5 Å². The summed E-state index contributed by atoms with van der Waals surface area (Å²) in [5.41, 5.74) is 0. The van der Waals surface area contributed by atoms with E-state index in [2.05, 4.69) is 24.3 Å². The van der Waals surface area contributed by atoms with Gasteiger partial charge < -0.3 is 15.0 Å². The summed E-state index contributed by atoms with van der Waals surface area (Å²) in [6, 6.07) is 2.03. The third-order valence-corrected chi connectivity index (χ3v) is 4.25. The normalized spacial score (nSPS) is 19.3. The van der Waals surface area contributed by atoms with E-state index in [0.29, 0.717) is 25.5 Å². The van der Waals surface area contributed by atoms with Crippen LogP contribution in [0.25, 0.3) is 0 Å². The van der Waals surface area contributed by atoms with Crippen molar-refractivity contribution in [1.29, 1.82) is 0 Å². The summed E-state index contributed by atoms with van der Waals surface area (Å²) in [4.78, 5) is 26.0. The van der Waals surface area contributed by atoms with Gasteiger partial charge in [0.2, 0.25) is 5.91 Å². The molecule has 128 valence electrons. The van der Waals surface area contributed by atoms with Gasteiger partial charge in [-0.15, -0.1) is 0 Å². The highest BCUT2D eigenvalue weighted by molar-refractivity contribution is 5.92. The minimum atomic E-state index is -0.338. The van der Waals surface area contributed by atoms with Gasteiger partial charge in [-0.05, 0) is 33.1 Å². The van der Waals surface area contributed by atoms with E-state index >= 15 is 0 Å². The van der Waals surface area contributed by atoms with Crippen LogP contribution in [0.5, 0.6) is 0 Å².